The quantitative estimate of drug-likeness (QED) is 0.532. The lowest BCUT2D eigenvalue weighted by atomic mass is 10.3. The number of benzene rings is 2. The van der Waals surface area contributed by atoms with E-state index in [4.69, 9.17) is 0 Å². The number of aromatic nitrogens is 4. The molecule has 4 rings (SSSR count). The lowest BCUT2D eigenvalue weighted by Gasteiger charge is -2.10. The third-order valence-corrected chi connectivity index (χ3v) is 4.48. The molecule has 7 heteroatoms. The van der Waals surface area contributed by atoms with Crippen LogP contribution in [0.3, 0.4) is 0 Å². The van der Waals surface area contributed by atoms with Crippen molar-refractivity contribution in [3.63, 3.8) is 0 Å². The zero-order chi connectivity index (χ0) is 18.6. The van der Waals surface area contributed by atoms with Crippen molar-refractivity contribution in [2.75, 3.05) is 6.54 Å². The summed E-state index contributed by atoms with van der Waals surface area (Å²) < 4.78 is 3.52. The summed E-state index contributed by atoms with van der Waals surface area (Å²) in [6, 6.07) is 15.2. The standard InChI is InChI=1S/C20H19N5O2/c26-19(13-25-18-9-4-2-7-16(18)22-12-20(25)27)21-10-5-11-24-14-23-15-6-1-3-8-17(15)24/h1-4,6-9,12,14H,5,10-11,13H2,(H,21,26). The van der Waals surface area contributed by atoms with E-state index >= 15 is 0 Å². The van der Waals surface area contributed by atoms with E-state index in [1.807, 2.05) is 48.8 Å². The molecule has 0 spiro atoms. The molecule has 7 nitrogen and oxygen atoms in total. The van der Waals surface area contributed by atoms with E-state index in [0.29, 0.717) is 17.6 Å². The van der Waals surface area contributed by atoms with Crippen LogP contribution in [0.2, 0.25) is 0 Å². The van der Waals surface area contributed by atoms with Gasteiger partial charge in [-0.2, -0.15) is 0 Å². The number of carbonyl (C=O) groups excluding carboxylic acids is 1. The van der Waals surface area contributed by atoms with Crippen molar-refractivity contribution >= 4 is 28.0 Å². The molecule has 0 fully saturated rings. The van der Waals surface area contributed by atoms with Gasteiger partial charge in [0.15, 0.2) is 0 Å². The number of aryl methyl sites for hydroxylation is 1. The first kappa shape index (κ1) is 17.0. The van der Waals surface area contributed by atoms with E-state index in [0.717, 1.165) is 24.0 Å². The Balaban J connectivity index is 1.35. The highest BCUT2D eigenvalue weighted by atomic mass is 16.2. The van der Waals surface area contributed by atoms with Crippen molar-refractivity contribution < 1.29 is 4.79 Å². The number of para-hydroxylation sites is 4. The van der Waals surface area contributed by atoms with Crippen LogP contribution in [-0.2, 0) is 17.9 Å². The maximum atomic E-state index is 12.3. The van der Waals surface area contributed by atoms with Crippen molar-refractivity contribution in [3.8, 4) is 0 Å². The Hall–Kier alpha value is -3.48. The molecule has 0 bridgehead atoms. The van der Waals surface area contributed by atoms with E-state index in [1.54, 1.807) is 6.07 Å². The molecule has 0 aliphatic carbocycles. The summed E-state index contributed by atoms with van der Waals surface area (Å²) in [4.78, 5) is 32.8. The lowest BCUT2D eigenvalue weighted by Crippen LogP contribution is -2.33. The van der Waals surface area contributed by atoms with E-state index in [9.17, 15) is 9.59 Å². The normalized spacial score (nSPS) is 11.1. The first-order valence-corrected chi connectivity index (χ1v) is 8.83. The summed E-state index contributed by atoms with van der Waals surface area (Å²) in [6.45, 7) is 1.28. The Morgan fingerprint density at radius 2 is 1.67 bits per heavy atom. The summed E-state index contributed by atoms with van der Waals surface area (Å²) in [7, 11) is 0. The summed E-state index contributed by atoms with van der Waals surface area (Å²) in [5.41, 5.74) is 3.11. The minimum atomic E-state index is -0.284. The molecular formula is C20H19N5O2. The van der Waals surface area contributed by atoms with Crippen LogP contribution in [0.25, 0.3) is 22.1 Å². The number of nitrogens with zero attached hydrogens (tertiary/aromatic N) is 4. The number of amides is 1. The number of rotatable bonds is 6. The van der Waals surface area contributed by atoms with Gasteiger partial charge in [0.2, 0.25) is 5.91 Å². The van der Waals surface area contributed by atoms with Crippen LogP contribution in [0.4, 0.5) is 0 Å². The number of imidazole rings is 1. The maximum absolute atomic E-state index is 12.3. The smallest absolute Gasteiger partial charge is 0.269 e. The summed E-state index contributed by atoms with van der Waals surface area (Å²) in [5, 5.41) is 2.88. The molecule has 0 saturated heterocycles. The molecule has 4 aromatic rings. The highest BCUT2D eigenvalue weighted by Gasteiger charge is 2.08. The molecule has 2 heterocycles. The Kier molecular flexibility index (Phi) is 4.65. The van der Waals surface area contributed by atoms with Crippen molar-refractivity contribution in [1.29, 1.82) is 0 Å². The van der Waals surface area contributed by atoms with Gasteiger partial charge >= 0.3 is 0 Å². The van der Waals surface area contributed by atoms with Crippen LogP contribution in [0.5, 0.6) is 0 Å². The molecule has 0 unspecified atom stereocenters. The van der Waals surface area contributed by atoms with E-state index in [-0.39, 0.29) is 18.0 Å². The van der Waals surface area contributed by atoms with Gasteiger partial charge in [-0.3, -0.25) is 14.2 Å². The molecule has 1 amide bonds. The molecule has 0 aliphatic heterocycles. The predicted octanol–water partition coefficient (Wildman–Crippen LogP) is 1.95. The van der Waals surface area contributed by atoms with Crippen LogP contribution in [0, 0.1) is 0 Å². The summed E-state index contributed by atoms with van der Waals surface area (Å²) in [6.07, 6.45) is 3.84. The predicted molar refractivity (Wildman–Crippen MR) is 103 cm³/mol. The maximum Gasteiger partial charge on any atom is 0.269 e. The lowest BCUT2D eigenvalue weighted by molar-refractivity contribution is -0.121. The molecular weight excluding hydrogens is 342 g/mol. The van der Waals surface area contributed by atoms with E-state index in [1.165, 1.54) is 10.8 Å². The number of hydrogen-bond donors (Lipinski definition) is 1. The van der Waals surface area contributed by atoms with Crippen LogP contribution < -0.4 is 10.9 Å². The minimum Gasteiger partial charge on any atom is -0.354 e. The molecule has 0 atom stereocenters. The average Bonchev–Trinajstić information content (AvgIpc) is 3.11. The third-order valence-electron chi connectivity index (χ3n) is 4.48. The van der Waals surface area contributed by atoms with Crippen LogP contribution in [-0.4, -0.2) is 31.6 Å². The second kappa shape index (κ2) is 7.41. The topological polar surface area (TPSA) is 81.8 Å². The number of nitrogens with one attached hydrogen (secondary N) is 1. The largest absolute Gasteiger partial charge is 0.354 e. The number of carbonyl (C=O) groups is 1. The molecule has 0 radical (unpaired) electrons. The molecule has 27 heavy (non-hydrogen) atoms. The van der Waals surface area contributed by atoms with Gasteiger partial charge in [0.1, 0.15) is 6.54 Å². The number of hydrogen-bond acceptors (Lipinski definition) is 4. The van der Waals surface area contributed by atoms with Gasteiger partial charge < -0.3 is 9.88 Å². The van der Waals surface area contributed by atoms with E-state index in [2.05, 4.69) is 19.9 Å². The fourth-order valence-corrected chi connectivity index (χ4v) is 3.14. The minimum absolute atomic E-state index is 0.0180. The zero-order valence-corrected chi connectivity index (χ0v) is 14.7. The van der Waals surface area contributed by atoms with E-state index < -0.39 is 0 Å². The highest BCUT2D eigenvalue weighted by Crippen LogP contribution is 2.12. The fourth-order valence-electron chi connectivity index (χ4n) is 3.14. The van der Waals surface area contributed by atoms with Gasteiger partial charge in [0.25, 0.3) is 5.56 Å². The van der Waals surface area contributed by atoms with Crippen molar-refractivity contribution in [3.05, 3.63) is 71.4 Å². The first-order chi connectivity index (χ1) is 13.2. The monoisotopic (exact) mass is 361 g/mol. The molecule has 0 aliphatic rings. The second-order valence-electron chi connectivity index (χ2n) is 6.30. The molecule has 2 aromatic heterocycles. The van der Waals surface area contributed by atoms with Crippen molar-refractivity contribution in [2.24, 2.45) is 0 Å². The van der Waals surface area contributed by atoms with Gasteiger partial charge in [-0.25, -0.2) is 9.97 Å². The highest BCUT2D eigenvalue weighted by molar-refractivity contribution is 5.80. The average molecular weight is 361 g/mol. The fraction of sp³-hybridized carbons (Fsp3) is 0.200. The van der Waals surface area contributed by atoms with Crippen molar-refractivity contribution in [2.45, 2.75) is 19.5 Å². The zero-order valence-electron chi connectivity index (χ0n) is 14.7. The molecule has 136 valence electrons. The Bertz CT molecular complexity index is 1160. The molecule has 2 aromatic carbocycles. The Morgan fingerprint density at radius 3 is 2.48 bits per heavy atom. The molecule has 0 saturated carbocycles. The van der Waals surface area contributed by atoms with Gasteiger partial charge in [-0.1, -0.05) is 24.3 Å². The van der Waals surface area contributed by atoms with Gasteiger partial charge in [0, 0.05) is 13.1 Å². The number of fused-ring (bicyclic) bond motifs is 2. The van der Waals surface area contributed by atoms with Gasteiger partial charge in [-0.05, 0) is 30.7 Å². The third kappa shape index (κ3) is 3.57. The van der Waals surface area contributed by atoms with Gasteiger partial charge in [0.05, 0.1) is 34.6 Å². The second-order valence-corrected chi connectivity index (χ2v) is 6.30. The Morgan fingerprint density at radius 1 is 0.963 bits per heavy atom. The molecule has 1 N–H and O–H groups in total. The van der Waals surface area contributed by atoms with Gasteiger partial charge in [-0.15, -0.1) is 0 Å². The van der Waals surface area contributed by atoms with Crippen LogP contribution >= 0.6 is 0 Å². The van der Waals surface area contributed by atoms with Crippen LogP contribution in [0.1, 0.15) is 6.42 Å². The summed E-state index contributed by atoms with van der Waals surface area (Å²) >= 11 is 0. The first-order valence-electron chi connectivity index (χ1n) is 8.83. The Labute approximate surface area is 155 Å². The summed E-state index contributed by atoms with van der Waals surface area (Å²) in [5.74, 6) is -0.191. The van der Waals surface area contributed by atoms with Crippen molar-refractivity contribution in [1.82, 2.24) is 24.4 Å². The van der Waals surface area contributed by atoms with Crippen LogP contribution in [0.15, 0.2) is 65.8 Å². The SMILES string of the molecule is O=C(Cn1c(=O)cnc2ccccc21)NCCCn1cnc2ccccc21.